The SMILES string of the molecule is CCc1nnsc1C(=O)Cc1cc(F)ccc1C. The third-order valence-corrected chi connectivity index (χ3v) is 3.62. The molecule has 2 aromatic rings. The third-order valence-electron chi connectivity index (χ3n) is 2.81. The van der Waals surface area contributed by atoms with Crippen molar-refractivity contribution >= 4 is 17.3 Å². The molecule has 2 rings (SSSR count). The molecule has 0 N–H and O–H groups in total. The number of carbonyl (C=O) groups is 1. The summed E-state index contributed by atoms with van der Waals surface area (Å²) in [4.78, 5) is 12.7. The van der Waals surface area contributed by atoms with Gasteiger partial charge in [0.15, 0.2) is 5.78 Å². The first-order valence-corrected chi connectivity index (χ1v) is 6.48. The molecule has 0 amide bonds. The first-order valence-electron chi connectivity index (χ1n) is 5.71. The van der Waals surface area contributed by atoms with Crippen molar-refractivity contribution in [3.63, 3.8) is 0 Å². The third kappa shape index (κ3) is 2.61. The zero-order valence-corrected chi connectivity index (χ0v) is 11.1. The van der Waals surface area contributed by atoms with E-state index in [1.54, 1.807) is 6.07 Å². The van der Waals surface area contributed by atoms with E-state index in [9.17, 15) is 9.18 Å². The molecule has 0 radical (unpaired) electrons. The van der Waals surface area contributed by atoms with Gasteiger partial charge in [0.25, 0.3) is 0 Å². The van der Waals surface area contributed by atoms with E-state index in [1.807, 2.05) is 13.8 Å². The minimum Gasteiger partial charge on any atom is -0.293 e. The van der Waals surface area contributed by atoms with Crippen molar-refractivity contribution in [2.75, 3.05) is 0 Å². The standard InChI is InChI=1S/C13H13FN2OS/c1-3-11-13(18-16-15-11)12(17)7-9-6-10(14)5-4-8(9)2/h4-6H,3,7H2,1-2H3. The molecule has 1 heterocycles. The van der Waals surface area contributed by atoms with Crippen molar-refractivity contribution in [3.8, 4) is 0 Å². The summed E-state index contributed by atoms with van der Waals surface area (Å²) in [7, 11) is 0. The minimum absolute atomic E-state index is 0.0458. The molecule has 94 valence electrons. The Bertz CT molecular complexity index is 580. The monoisotopic (exact) mass is 264 g/mol. The molecule has 0 spiro atoms. The Morgan fingerprint density at radius 1 is 1.44 bits per heavy atom. The lowest BCUT2D eigenvalue weighted by Gasteiger charge is -2.04. The van der Waals surface area contributed by atoms with Gasteiger partial charge in [-0.05, 0) is 48.1 Å². The van der Waals surface area contributed by atoms with Crippen molar-refractivity contribution in [2.24, 2.45) is 0 Å². The van der Waals surface area contributed by atoms with Crippen molar-refractivity contribution in [2.45, 2.75) is 26.7 Å². The smallest absolute Gasteiger partial charge is 0.180 e. The van der Waals surface area contributed by atoms with Crippen molar-refractivity contribution in [3.05, 3.63) is 45.7 Å². The lowest BCUT2D eigenvalue weighted by molar-refractivity contribution is 0.0995. The van der Waals surface area contributed by atoms with Crippen LogP contribution in [0.4, 0.5) is 4.39 Å². The number of hydrogen-bond acceptors (Lipinski definition) is 4. The van der Waals surface area contributed by atoms with Gasteiger partial charge >= 0.3 is 0 Å². The summed E-state index contributed by atoms with van der Waals surface area (Å²) in [5.41, 5.74) is 2.36. The number of nitrogens with zero attached hydrogens (tertiary/aromatic N) is 2. The summed E-state index contributed by atoms with van der Waals surface area (Å²) in [6.07, 6.45) is 0.875. The number of Topliss-reactive ketones (excluding diaryl/α,β-unsaturated/α-hetero) is 1. The van der Waals surface area contributed by atoms with Gasteiger partial charge in [0.1, 0.15) is 10.7 Å². The Kier molecular flexibility index (Phi) is 3.81. The minimum atomic E-state index is -0.318. The molecule has 0 saturated carbocycles. The molecule has 0 aliphatic carbocycles. The maximum Gasteiger partial charge on any atom is 0.180 e. The number of carbonyl (C=O) groups excluding carboxylic acids is 1. The number of hydrogen-bond donors (Lipinski definition) is 0. The summed E-state index contributed by atoms with van der Waals surface area (Å²) in [6.45, 7) is 3.80. The van der Waals surface area contributed by atoms with Crippen LogP contribution in [-0.2, 0) is 12.8 Å². The summed E-state index contributed by atoms with van der Waals surface area (Å²) in [6, 6.07) is 4.49. The van der Waals surface area contributed by atoms with Gasteiger partial charge in [-0.2, -0.15) is 0 Å². The molecule has 0 aliphatic heterocycles. The summed E-state index contributed by atoms with van der Waals surface area (Å²) in [5.74, 6) is -0.364. The van der Waals surface area contributed by atoms with Crippen LogP contribution in [0.25, 0.3) is 0 Å². The van der Waals surface area contributed by atoms with E-state index < -0.39 is 0 Å². The predicted molar refractivity (Wildman–Crippen MR) is 68.5 cm³/mol. The number of aryl methyl sites for hydroxylation is 2. The average Bonchev–Trinajstić information content (AvgIpc) is 2.82. The predicted octanol–water partition coefficient (Wildman–Crippen LogP) is 2.97. The molecule has 0 unspecified atom stereocenters. The average molecular weight is 264 g/mol. The highest BCUT2D eigenvalue weighted by Crippen LogP contribution is 2.17. The second-order valence-electron chi connectivity index (χ2n) is 4.07. The zero-order chi connectivity index (χ0) is 13.1. The lowest BCUT2D eigenvalue weighted by Crippen LogP contribution is -2.06. The van der Waals surface area contributed by atoms with Crippen LogP contribution in [0.5, 0.6) is 0 Å². The molecule has 0 saturated heterocycles. The van der Waals surface area contributed by atoms with E-state index in [0.29, 0.717) is 11.3 Å². The maximum absolute atomic E-state index is 13.2. The Morgan fingerprint density at radius 2 is 2.22 bits per heavy atom. The molecule has 0 atom stereocenters. The van der Waals surface area contributed by atoms with Crippen LogP contribution in [-0.4, -0.2) is 15.4 Å². The van der Waals surface area contributed by atoms with Gasteiger partial charge in [-0.15, -0.1) is 5.10 Å². The van der Waals surface area contributed by atoms with Gasteiger partial charge in [-0.3, -0.25) is 4.79 Å². The van der Waals surface area contributed by atoms with E-state index >= 15 is 0 Å². The van der Waals surface area contributed by atoms with Gasteiger partial charge in [-0.25, -0.2) is 4.39 Å². The second-order valence-corrected chi connectivity index (χ2v) is 4.83. The molecule has 3 nitrogen and oxygen atoms in total. The Labute approximate surface area is 109 Å². The summed E-state index contributed by atoms with van der Waals surface area (Å²) < 4.78 is 16.9. The second kappa shape index (κ2) is 5.35. The van der Waals surface area contributed by atoms with Crippen LogP contribution in [0.1, 0.15) is 33.4 Å². The van der Waals surface area contributed by atoms with Crippen LogP contribution in [0.3, 0.4) is 0 Å². The number of rotatable bonds is 4. The number of benzene rings is 1. The number of ketones is 1. The largest absolute Gasteiger partial charge is 0.293 e. The highest BCUT2D eigenvalue weighted by Gasteiger charge is 2.16. The van der Waals surface area contributed by atoms with Crippen LogP contribution >= 0.6 is 11.5 Å². The molecule has 0 aliphatic rings. The van der Waals surface area contributed by atoms with E-state index in [2.05, 4.69) is 9.59 Å². The summed E-state index contributed by atoms with van der Waals surface area (Å²) in [5, 5.41) is 3.91. The Hall–Kier alpha value is -1.62. The van der Waals surface area contributed by atoms with Crippen LogP contribution in [0.2, 0.25) is 0 Å². The summed E-state index contributed by atoms with van der Waals surface area (Å²) >= 11 is 1.11. The first-order chi connectivity index (χ1) is 8.61. The Balaban J connectivity index is 2.24. The first kappa shape index (κ1) is 12.8. The molecular formula is C13H13FN2OS. The lowest BCUT2D eigenvalue weighted by atomic mass is 10.0. The highest BCUT2D eigenvalue weighted by molar-refractivity contribution is 7.08. The molecule has 18 heavy (non-hydrogen) atoms. The molecular weight excluding hydrogens is 251 g/mol. The fraction of sp³-hybridized carbons (Fsp3) is 0.308. The van der Waals surface area contributed by atoms with Gasteiger partial charge in [0.05, 0.1) is 5.69 Å². The van der Waals surface area contributed by atoms with Crippen LogP contribution in [0.15, 0.2) is 18.2 Å². The van der Waals surface area contributed by atoms with Crippen LogP contribution < -0.4 is 0 Å². The fourth-order valence-electron chi connectivity index (χ4n) is 1.74. The van der Waals surface area contributed by atoms with Crippen molar-refractivity contribution < 1.29 is 9.18 Å². The Morgan fingerprint density at radius 3 is 2.94 bits per heavy atom. The topological polar surface area (TPSA) is 42.9 Å². The molecule has 0 bridgehead atoms. The van der Waals surface area contributed by atoms with Crippen molar-refractivity contribution in [1.29, 1.82) is 0 Å². The normalized spacial score (nSPS) is 10.6. The van der Waals surface area contributed by atoms with Gasteiger partial charge in [0, 0.05) is 6.42 Å². The van der Waals surface area contributed by atoms with Crippen molar-refractivity contribution in [1.82, 2.24) is 9.59 Å². The van der Waals surface area contributed by atoms with Gasteiger partial charge in [-0.1, -0.05) is 17.5 Å². The van der Waals surface area contributed by atoms with E-state index in [1.165, 1.54) is 12.1 Å². The number of halogens is 1. The van der Waals surface area contributed by atoms with Gasteiger partial charge < -0.3 is 0 Å². The zero-order valence-electron chi connectivity index (χ0n) is 10.2. The van der Waals surface area contributed by atoms with E-state index in [-0.39, 0.29) is 18.0 Å². The molecule has 1 aromatic carbocycles. The highest BCUT2D eigenvalue weighted by atomic mass is 32.1. The van der Waals surface area contributed by atoms with Crippen LogP contribution in [0, 0.1) is 12.7 Å². The molecule has 5 heteroatoms. The van der Waals surface area contributed by atoms with E-state index in [0.717, 1.165) is 28.4 Å². The molecule has 0 fully saturated rings. The van der Waals surface area contributed by atoms with E-state index in [4.69, 9.17) is 0 Å². The van der Waals surface area contributed by atoms with Gasteiger partial charge in [0.2, 0.25) is 0 Å². The fourth-order valence-corrected chi connectivity index (χ4v) is 2.42. The molecule has 1 aromatic heterocycles. The number of aromatic nitrogens is 2. The quantitative estimate of drug-likeness (QED) is 0.797. The maximum atomic E-state index is 13.2.